The first-order chi connectivity index (χ1) is 16.3. The number of fused-ring (bicyclic) bond motifs is 1. The number of nitrogens with one attached hydrogen (secondary N) is 2. The predicted octanol–water partition coefficient (Wildman–Crippen LogP) is 4.42. The maximum absolute atomic E-state index is 13.4. The van der Waals surface area contributed by atoms with E-state index in [0.717, 1.165) is 38.6 Å². The number of aromatic nitrogens is 2. The quantitative estimate of drug-likeness (QED) is 0.496. The molecular weight excluding hydrogens is 461 g/mol. The average molecular weight is 501 g/mol. The zero-order chi connectivity index (χ0) is 26.4. The lowest BCUT2D eigenvalue weighted by Gasteiger charge is -2.28. The number of rotatable bonds is 10. The van der Waals surface area contributed by atoms with Crippen LogP contribution in [0.5, 0.6) is 0 Å². The van der Waals surface area contributed by atoms with Gasteiger partial charge in [0.15, 0.2) is 0 Å². The molecule has 1 unspecified atom stereocenters. The van der Waals surface area contributed by atoms with E-state index in [2.05, 4.69) is 17.3 Å². The summed E-state index contributed by atoms with van der Waals surface area (Å²) in [6.45, 7) is 11.2. The van der Waals surface area contributed by atoms with E-state index in [4.69, 9.17) is 0 Å². The summed E-state index contributed by atoms with van der Waals surface area (Å²) in [5, 5.41) is 9.12. The number of H-pyrrole nitrogens is 1. The summed E-state index contributed by atoms with van der Waals surface area (Å²) in [4.78, 5) is 36.3. The summed E-state index contributed by atoms with van der Waals surface area (Å²) in [5.74, 6) is 0.870. The summed E-state index contributed by atoms with van der Waals surface area (Å²) in [6, 6.07) is -0.474. The van der Waals surface area contributed by atoms with Crippen molar-refractivity contribution in [3.8, 4) is 0 Å². The summed E-state index contributed by atoms with van der Waals surface area (Å²) in [5.41, 5.74) is -2.78. The number of Topliss-reactive ketones (excluding diaryl/α,β-unsaturated/α-hetero) is 1. The van der Waals surface area contributed by atoms with Gasteiger partial charge in [0.05, 0.1) is 11.7 Å². The minimum atomic E-state index is -4.73. The van der Waals surface area contributed by atoms with Crippen molar-refractivity contribution in [1.82, 2.24) is 20.4 Å². The maximum Gasteiger partial charge on any atom is 0.422 e. The number of alkyl halides is 3. The summed E-state index contributed by atoms with van der Waals surface area (Å²) < 4.78 is 40.2. The van der Waals surface area contributed by atoms with Gasteiger partial charge in [-0.05, 0) is 50.0 Å². The van der Waals surface area contributed by atoms with Crippen LogP contribution < -0.4 is 10.9 Å². The molecule has 7 nitrogen and oxygen atoms in total. The van der Waals surface area contributed by atoms with Crippen molar-refractivity contribution in [3.05, 3.63) is 27.2 Å². The van der Waals surface area contributed by atoms with Gasteiger partial charge in [0.25, 0.3) is 5.56 Å². The van der Waals surface area contributed by atoms with Gasteiger partial charge in [0.2, 0.25) is 5.91 Å². The maximum atomic E-state index is 13.4. The highest BCUT2D eigenvalue weighted by molar-refractivity contribution is 5.80. The van der Waals surface area contributed by atoms with E-state index < -0.39 is 28.8 Å². The number of ketones is 1. The number of halogens is 3. The standard InChI is InChI=1S/C20H31F3N4O2.C5H8O/c1-5-7-11-27(10-6-2)14(28)8-9-24-17-16-13(12-19(17,3)4)15(20(21,22)23)18(29)26-25-16;1-4(6)5-2-3-5/h17,24H,5-12H2,1-4H3,(H,26,29);5H,2-3H2,1H3. The molecule has 2 aliphatic rings. The molecule has 0 aromatic carbocycles. The Balaban J connectivity index is 0.000000625. The van der Waals surface area contributed by atoms with Crippen molar-refractivity contribution < 1.29 is 22.8 Å². The Morgan fingerprint density at radius 3 is 2.31 bits per heavy atom. The third-order valence-corrected chi connectivity index (χ3v) is 6.55. The highest BCUT2D eigenvalue weighted by Crippen LogP contribution is 2.46. The van der Waals surface area contributed by atoms with E-state index in [1.807, 2.05) is 30.8 Å². The number of hydrogen-bond donors (Lipinski definition) is 2. The topological polar surface area (TPSA) is 95.2 Å². The zero-order valence-corrected chi connectivity index (χ0v) is 21.5. The van der Waals surface area contributed by atoms with Gasteiger partial charge in [-0.15, -0.1) is 0 Å². The van der Waals surface area contributed by atoms with E-state index in [-0.39, 0.29) is 30.0 Å². The molecule has 1 amide bonds. The van der Waals surface area contributed by atoms with Gasteiger partial charge in [0, 0.05) is 32.0 Å². The first kappa shape index (κ1) is 29.0. The second kappa shape index (κ2) is 12.1. The lowest BCUT2D eigenvalue weighted by Crippen LogP contribution is -2.37. The Labute approximate surface area is 205 Å². The summed E-state index contributed by atoms with van der Waals surface area (Å²) in [7, 11) is 0. The molecule has 1 fully saturated rings. The highest BCUT2D eigenvalue weighted by atomic mass is 19.4. The van der Waals surface area contributed by atoms with Crippen LogP contribution >= 0.6 is 0 Å². The average Bonchev–Trinajstić information content (AvgIpc) is 3.56. The predicted molar refractivity (Wildman–Crippen MR) is 128 cm³/mol. The highest BCUT2D eigenvalue weighted by Gasteiger charge is 2.47. The third-order valence-electron chi connectivity index (χ3n) is 6.55. The van der Waals surface area contributed by atoms with Crippen LogP contribution in [0.1, 0.15) is 96.0 Å². The SMILES string of the molecule is CC(=O)C1CC1.CCCCN(CCC)C(=O)CCNC1c2n[nH]c(=O)c(C(F)(F)F)c2CC1(C)C. The van der Waals surface area contributed by atoms with Crippen LogP contribution in [-0.4, -0.2) is 46.4 Å². The first-order valence-electron chi connectivity index (χ1n) is 12.5. The minimum absolute atomic E-state index is 0.0363. The molecule has 0 radical (unpaired) electrons. The van der Waals surface area contributed by atoms with Gasteiger partial charge in [-0.2, -0.15) is 18.3 Å². The smallest absolute Gasteiger partial charge is 0.343 e. The van der Waals surface area contributed by atoms with Crippen LogP contribution in [-0.2, 0) is 22.2 Å². The monoisotopic (exact) mass is 500 g/mol. The molecular formula is C25H39F3N4O3. The van der Waals surface area contributed by atoms with E-state index >= 15 is 0 Å². The van der Waals surface area contributed by atoms with Gasteiger partial charge in [-0.3, -0.25) is 14.4 Å². The summed E-state index contributed by atoms with van der Waals surface area (Å²) in [6.07, 6.45) is 0.749. The number of carbonyl (C=O) groups is 2. The normalized spacial score (nSPS) is 18.5. The van der Waals surface area contributed by atoms with Crippen molar-refractivity contribution >= 4 is 11.7 Å². The van der Waals surface area contributed by atoms with Crippen LogP contribution in [0, 0.1) is 11.3 Å². The molecule has 0 spiro atoms. The fourth-order valence-electron chi connectivity index (χ4n) is 4.47. The Morgan fingerprint density at radius 1 is 1.17 bits per heavy atom. The van der Waals surface area contributed by atoms with Crippen molar-refractivity contribution in [2.75, 3.05) is 19.6 Å². The van der Waals surface area contributed by atoms with Crippen LogP contribution in [0.4, 0.5) is 13.2 Å². The minimum Gasteiger partial charge on any atom is -0.343 e. The first-order valence-corrected chi connectivity index (χ1v) is 12.5. The van der Waals surface area contributed by atoms with Crippen LogP contribution in [0.15, 0.2) is 4.79 Å². The second-order valence-electron chi connectivity index (χ2n) is 10.2. The molecule has 1 saturated carbocycles. The van der Waals surface area contributed by atoms with Crippen molar-refractivity contribution in [1.29, 1.82) is 0 Å². The van der Waals surface area contributed by atoms with E-state index in [1.165, 1.54) is 0 Å². The molecule has 0 bridgehead atoms. The lowest BCUT2D eigenvalue weighted by atomic mass is 9.85. The molecule has 1 heterocycles. The number of amides is 1. The number of hydrogen-bond acceptors (Lipinski definition) is 5. The van der Waals surface area contributed by atoms with E-state index in [1.54, 1.807) is 6.92 Å². The fraction of sp³-hybridized carbons (Fsp3) is 0.760. The van der Waals surface area contributed by atoms with Crippen molar-refractivity contribution in [3.63, 3.8) is 0 Å². The molecule has 1 aromatic heterocycles. The van der Waals surface area contributed by atoms with Gasteiger partial charge >= 0.3 is 6.18 Å². The molecule has 0 aliphatic heterocycles. The van der Waals surface area contributed by atoms with Crippen LogP contribution in [0.25, 0.3) is 0 Å². The van der Waals surface area contributed by atoms with Crippen LogP contribution in [0.3, 0.4) is 0 Å². The van der Waals surface area contributed by atoms with Crippen molar-refractivity contribution in [2.45, 2.75) is 91.8 Å². The fourth-order valence-corrected chi connectivity index (χ4v) is 4.47. The molecule has 2 aliphatic carbocycles. The van der Waals surface area contributed by atoms with E-state index in [0.29, 0.717) is 24.8 Å². The van der Waals surface area contributed by atoms with Crippen molar-refractivity contribution in [2.24, 2.45) is 11.3 Å². The molecule has 1 aromatic rings. The molecule has 1 atom stereocenters. The number of carbonyl (C=O) groups excluding carboxylic acids is 2. The molecule has 35 heavy (non-hydrogen) atoms. The Hall–Kier alpha value is -2.23. The number of unbranched alkanes of at least 4 members (excludes halogenated alkanes) is 1. The van der Waals surface area contributed by atoms with Gasteiger partial charge in [0.1, 0.15) is 11.3 Å². The largest absolute Gasteiger partial charge is 0.422 e. The molecule has 2 N–H and O–H groups in total. The summed E-state index contributed by atoms with van der Waals surface area (Å²) >= 11 is 0. The number of aromatic amines is 1. The molecule has 3 rings (SSSR count). The Bertz CT molecular complexity index is 939. The molecule has 198 valence electrons. The zero-order valence-electron chi connectivity index (χ0n) is 21.5. The van der Waals surface area contributed by atoms with Gasteiger partial charge in [-0.1, -0.05) is 34.1 Å². The Kier molecular flexibility index (Phi) is 10.1. The Morgan fingerprint density at radius 2 is 1.83 bits per heavy atom. The second-order valence-corrected chi connectivity index (χ2v) is 10.2. The van der Waals surface area contributed by atoms with Crippen LogP contribution in [0.2, 0.25) is 0 Å². The number of nitrogens with zero attached hydrogens (tertiary/aromatic N) is 2. The lowest BCUT2D eigenvalue weighted by molar-refractivity contribution is -0.139. The molecule has 10 heteroatoms. The third kappa shape index (κ3) is 7.88. The molecule has 0 saturated heterocycles. The van der Waals surface area contributed by atoms with Gasteiger partial charge in [-0.25, -0.2) is 5.10 Å². The van der Waals surface area contributed by atoms with Gasteiger partial charge < -0.3 is 10.2 Å². The van der Waals surface area contributed by atoms with E-state index in [9.17, 15) is 27.6 Å².